The fourth-order valence-corrected chi connectivity index (χ4v) is 2.68. The molecular formula is C16H15F3N2O3S. The Bertz CT molecular complexity index is 863. The second-order valence-electron chi connectivity index (χ2n) is 5.34. The maximum absolute atomic E-state index is 12.5. The van der Waals surface area contributed by atoms with Crippen LogP contribution in [0.15, 0.2) is 53.4 Å². The quantitative estimate of drug-likeness (QED) is 0.843. The molecule has 0 aliphatic carbocycles. The highest BCUT2D eigenvalue weighted by Crippen LogP contribution is 2.29. The van der Waals surface area contributed by atoms with Gasteiger partial charge in [-0.15, -0.1) is 0 Å². The van der Waals surface area contributed by atoms with Crippen molar-refractivity contribution >= 4 is 15.9 Å². The van der Waals surface area contributed by atoms with Gasteiger partial charge in [0.1, 0.15) is 0 Å². The summed E-state index contributed by atoms with van der Waals surface area (Å²) in [5.41, 5.74) is 0.188. The Morgan fingerprint density at radius 2 is 1.68 bits per heavy atom. The molecule has 1 amide bonds. The second kappa shape index (κ2) is 7.24. The minimum absolute atomic E-state index is 0.0676. The lowest BCUT2D eigenvalue weighted by Crippen LogP contribution is -2.24. The number of sulfonamides is 1. The number of benzene rings is 2. The molecule has 0 fully saturated rings. The van der Waals surface area contributed by atoms with Crippen LogP contribution in [0, 0.1) is 0 Å². The molecule has 9 heteroatoms. The fourth-order valence-electron chi connectivity index (χ4n) is 2.09. The third kappa shape index (κ3) is 5.57. The van der Waals surface area contributed by atoms with Crippen molar-refractivity contribution in [2.24, 2.45) is 5.14 Å². The molecule has 25 heavy (non-hydrogen) atoms. The maximum atomic E-state index is 12.5. The zero-order valence-corrected chi connectivity index (χ0v) is 13.7. The summed E-state index contributed by atoms with van der Waals surface area (Å²) in [6, 6.07) is 10.1. The molecule has 0 saturated heterocycles. The number of carbonyl (C=O) groups excluding carboxylic acids is 1. The number of hydrogen-bond acceptors (Lipinski definition) is 3. The highest BCUT2D eigenvalue weighted by Gasteiger charge is 2.29. The standard InChI is InChI=1S/C16H15F3N2O3S/c17-16(18,19)13-6-4-11(5-7-13)9-15(22)21-10-12-2-1-3-14(8-12)25(20,23)24/h1-8H,9-10H2,(H,21,22)(H2,20,23,24). The van der Waals surface area contributed by atoms with Gasteiger partial charge in [0.2, 0.25) is 15.9 Å². The monoisotopic (exact) mass is 372 g/mol. The molecule has 0 spiro atoms. The molecule has 2 rings (SSSR count). The van der Waals surface area contributed by atoms with E-state index in [-0.39, 0.29) is 17.9 Å². The van der Waals surface area contributed by atoms with Crippen molar-refractivity contribution in [1.82, 2.24) is 5.32 Å². The smallest absolute Gasteiger partial charge is 0.352 e. The molecule has 0 aliphatic rings. The average Bonchev–Trinajstić information content (AvgIpc) is 2.52. The third-order valence-electron chi connectivity index (χ3n) is 3.36. The van der Waals surface area contributed by atoms with Gasteiger partial charge in [0.25, 0.3) is 0 Å². The van der Waals surface area contributed by atoms with Crippen molar-refractivity contribution < 1.29 is 26.4 Å². The lowest BCUT2D eigenvalue weighted by atomic mass is 10.1. The minimum Gasteiger partial charge on any atom is -0.352 e. The highest BCUT2D eigenvalue weighted by molar-refractivity contribution is 7.89. The first kappa shape index (κ1) is 18.9. The number of nitrogens with two attached hydrogens (primary N) is 1. The summed E-state index contributed by atoms with van der Waals surface area (Å²) >= 11 is 0. The lowest BCUT2D eigenvalue weighted by Gasteiger charge is -2.09. The van der Waals surface area contributed by atoms with Gasteiger partial charge < -0.3 is 5.32 Å². The van der Waals surface area contributed by atoms with Crippen LogP contribution in [0.25, 0.3) is 0 Å². The van der Waals surface area contributed by atoms with Crippen molar-refractivity contribution in [3.8, 4) is 0 Å². The van der Waals surface area contributed by atoms with Crippen molar-refractivity contribution in [2.45, 2.75) is 24.0 Å². The summed E-state index contributed by atoms with van der Waals surface area (Å²) in [5.74, 6) is -0.402. The molecule has 0 bridgehead atoms. The Kier molecular flexibility index (Phi) is 5.48. The van der Waals surface area contributed by atoms with Crippen LogP contribution < -0.4 is 10.5 Å². The van der Waals surface area contributed by atoms with Crippen LogP contribution in [-0.4, -0.2) is 14.3 Å². The number of nitrogens with one attached hydrogen (secondary N) is 1. The molecule has 0 aromatic heterocycles. The molecule has 2 aromatic carbocycles. The Hall–Kier alpha value is -2.39. The largest absolute Gasteiger partial charge is 0.416 e. The topological polar surface area (TPSA) is 89.3 Å². The molecule has 0 aliphatic heterocycles. The Balaban J connectivity index is 1.95. The molecule has 0 heterocycles. The van der Waals surface area contributed by atoms with Gasteiger partial charge in [0, 0.05) is 6.54 Å². The van der Waals surface area contributed by atoms with Gasteiger partial charge in [-0.05, 0) is 35.4 Å². The Labute approximate surface area is 142 Å². The molecule has 0 unspecified atom stereocenters. The van der Waals surface area contributed by atoms with Crippen molar-refractivity contribution in [2.75, 3.05) is 0 Å². The van der Waals surface area contributed by atoms with Crippen LogP contribution in [0.2, 0.25) is 0 Å². The number of hydrogen-bond donors (Lipinski definition) is 2. The molecule has 0 radical (unpaired) electrons. The van der Waals surface area contributed by atoms with Gasteiger partial charge in [0.15, 0.2) is 0 Å². The van der Waals surface area contributed by atoms with E-state index in [0.29, 0.717) is 11.1 Å². The summed E-state index contributed by atoms with van der Waals surface area (Å²) < 4.78 is 60.0. The number of halogens is 3. The Morgan fingerprint density at radius 3 is 2.24 bits per heavy atom. The van der Waals surface area contributed by atoms with E-state index >= 15 is 0 Å². The van der Waals surface area contributed by atoms with Gasteiger partial charge in [0.05, 0.1) is 16.9 Å². The summed E-state index contributed by atoms with van der Waals surface area (Å²) in [5, 5.41) is 7.61. The Morgan fingerprint density at radius 1 is 1.04 bits per heavy atom. The predicted octanol–water partition coefficient (Wildman–Crippen LogP) is 2.21. The van der Waals surface area contributed by atoms with Crippen LogP contribution in [0.5, 0.6) is 0 Å². The highest BCUT2D eigenvalue weighted by atomic mass is 32.2. The molecule has 3 N–H and O–H groups in total. The fraction of sp³-hybridized carbons (Fsp3) is 0.188. The SMILES string of the molecule is NS(=O)(=O)c1cccc(CNC(=O)Cc2ccc(C(F)(F)F)cc2)c1. The molecule has 0 atom stereocenters. The maximum Gasteiger partial charge on any atom is 0.416 e. The van der Waals surface area contributed by atoms with Crippen LogP contribution >= 0.6 is 0 Å². The summed E-state index contributed by atoms with van der Waals surface area (Å²) in [7, 11) is -3.83. The predicted molar refractivity (Wildman–Crippen MR) is 84.8 cm³/mol. The van der Waals surface area contributed by atoms with Crippen LogP contribution in [0.4, 0.5) is 13.2 Å². The molecule has 5 nitrogen and oxygen atoms in total. The van der Waals surface area contributed by atoms with Gasteiger partial charge in [-0.2, -0.15) is 13.2 Å². The van der Waals surface area contributed by atoms with E-state index in [4.69, 9.17) is 5.14 Å². The van der Waals surface area contributed by atoms with Crippen molar-refractivity contribution in [3.05, 3.63) is 65.2 Å². The van der Waals surface area contributed by atoms with E-state index in [9.17, 15) is 26.4 Å². The average molecular weight is 372 g/mol. The van der Waals surface area contributed by atoms with Gasteiger partial charge in [-0.1, -0.05) is 24.3 Å². The summed E-state index contributed by atoms with van der Waals surface area (Å²) in [6.45, 7) is 0.0723. The number of amides is 1. The van der Waals surface area contributed by atoms with E-state index < -0.39 is 27.7 Å². The zero-order chi connectivity index (χ0) is 18.7. The third-order valence-corrected chi connectivity index (χ3v) is 4.27. The van der Waals surface area contributed by atoms with E-state index in [1.54, 1.807) is 6.07 Å². The summed E-state index contributed by atoms with van der Waals surface area (Å²) in [6.07, 6.45) is -4.51. The van der Waals surface area contributed by atoms with Crippen LogP contribution in [0.1, 0.15) is 16.7 Å². The van der Waals surface area contributed by atoms with Crippen LogP contribution in [0.3, 0.4) is 0 Å². The molecular weight excluding hydrogens is 357 g/mol. The normalized spacial score (nSPS) is 12.0. The first-order valence-electron chi connectivity index (χ1n) is 7.10. The molecule has 0 saturated carbocycles. The van der Waals surface area contributed by atoms with E-state index in [1.165, 1.54) is 30.3 Å². The second-order valence-corrected chi connectivity index (χ2v) is 6.90. The zero-order valence-electron chi connectivity index (χ0n) is 12.9. The van der Waals surface area contributed by atoms with Crippen molar-refractivity contribution in [1.29, 1.82) is 0 Å². The minimum atomic E-state index is -4.42. The number of rotatable bonds is 5. The van der Waals surface area contributed by atoms with E-state index in [1.807, 2.05) is 0 Å². The van der Waals surface area contributed by atoms with Gasteiger partial charge >= 0.3 is 6.18 Å². The number of primary sulfonamides is 1. The summed E-state index contributed by atoms with van der Waals surface area (Å²) in [4.78, 5) is 11.8. The lowest BCUT2D eigenvalue weighted by molar-refractivity contribution is -0.137. The van der Waals surface area contributed by atoms with E-state index in [2.05, 4.69) is 5.32 Å². The van der Waals surface area contributed by atoms with Crippen molar-refractivity contribution in [3.63, 3.8) is 0 Å². The molecule has 2 aromatic rings. The first-order valence-corrected chi connectivity index (χ1v) is 8.65. The van der Waals surface area contributed by atoms with Crippen LogP contribution in [-0.2, 0) is 34.0 Å². The molecule has 134 valence electrons. The van der Waals surface area contributed by atoms with Gasteiger partial charge in [-0.3, -0.25) is 4.79 Å². The number of alkyl halides is 3. The van der Waals surface area contributed by atoms with E-state index in [0.717, 1.165) is 12.1 Å². The number of carbonyl (C=O) groups is 1. The first-order chi connectivity index (χ1) is 11.6. The van der Waals surface area contributed by atoms with Gasteiger partial charge in [-0.25, -0.2) is 13.6 Å².